The van der Waals surface area contributed by atoms with Crippen LogP contribution < -0.4 is 5.56 Å². The Balaban J connectivity index is 1.62. The van der Waals surface area contributed by atoms with Gasteiger partial charge in [0, 0.05) is 24.2 Å². The van der Waals surface area contributed by atoms with E-state index in [0.717, 1.165) is 55.5 Å². The van der Waals surface area contributed by atoms with Gasteiger partial charge in [-0.15, -0.1) is 0 Å². The molecule has 1 aromatic carbocycles. The quantitative estimate of drug-likeness (QED) is 0.677. The van der Waals surface area contributed by atoms with Crippen LogP contribution in [-0.2, 0) is 6.54 Å². The van der Waals surface area contributed by atoms with Gasteiger partial charge in [-0.2, -0.15) is 0 Å². The molecule has 5 nitrogen and oxygen atoms in total. The summed E-state index contributed by atoms with van der Waals surface area (Å²) in [6.07, 6.45) is 8.77. The topological polar surface area (TPSA) is 51.0 Å². The van der Waals surface area contributed by atoms with Crippen molar-refractivity contribution < 1.29 is 0 Å². The van der Waals surface area contributed by atoms with Gasteiger partial charge >= 0.3 is 0 Å². The highest BCUT2D eigenvalue weighted by atomic mass is 32.1. The van der Waals surface area contributed by atoms with E-state index in [0.29, 0.717) is 6.04 Å². The van der Waals surface area contributed by atoms with Crippen LogP contribution in [0.5, 0.6) is 0 Å². The van der Waals surface area contributed by atoms with Gasteiger partial charge < -0.3 is 0 Å². The number of hydrogen-bond donors (Lipinski definition) is 0. The van der Waals surface area contributed by atoms with Crippen LogP contribution in [0.2, 0.25) is 0 Å². The Morgan fingerprint density at radius 3 is 2.78 bits per heavy atom. The molecule has 27 heavy (non-hydrogen) atoms. The molecule has 1 aliphatic heterocycles. The molecule has 2 aromatic heterocycles. The molecule has 6 heteroatoms. The summed E-state index contributed by atoms with van der Waals surface area (Å²) in [7, 11) is 0. The molecule has 0 spiro atoms. The molecular weight excluding hydrogens is 356 g/mol. The zero-order chi connectivity index (χ0) is 18.2. The first-order chi connectivity index (χ1) is 13.3. The van der Waals surface area contributed by atoms with E-state index in [1.165, 1.54) is 29.9 Å². The van der Waals surface area contributed by atoms with Gasteiger partial charge in [-0.3, -0.25) is 14.3 Å². The summed E-state index contributed by atoms with van der Waals surface area (Å²) in [5, 5.41) is 2.87. The van der Waals surface area contributed by atoms with Crippen molar-refractivity contribution in [2.24, 2.45) is 0 Å². The summed E-state index contributed by atoms with van der Waals surface area (Å²) in [4.78, 5) is 20.9. The summed E-state index contributed by atoms with van der Waals surface area (Å²) in [6, 6.07) is 8.32. The molecule has 1 unspecified atom stereocenters. The summed E-state index contributed by atoms with van der Waals surface area (Å²) < 4.78 is 6.30. The first-order valence-electron chi connectivity index (χ1n) is 9.95. The molecule has 2 fully saturated rings. The number of rotatable bonds is 4. The molecule has 1 atom stereocenters. The molecule has 1 aliphatic carbocycles. The number of likely N-dealkylation sites (tertiary alicyclic amines) is 1. The monoisotopic (exact) mass is 380 g/mol. The molecule has 2 aliphatic rings. The average molecular weight is 381 g/mol. The van der Waals surface area contributed by atoms with Crippen LogP contribution in [0.25, 0.3) is 10.9 Å². The fraction of sp³-hybridized carbons (Fsp3) is 0.476. The zero-order valence-electron chi connectivity index (χ0n) is 15.4. The Morgan fingerprint density at radius 1 is 1.11 bits per heavy atom. The van der Waals surface area contributed by atoms with Gasteiger partial charge in [-0.1, -0.05) is 25.0 Å². The maximum absolute atomic E-state index is 13.4. The van der Waals surface area contributed by atoms with Crippen molar-refractivity contribution in [3.05, 3.63) is 57.6 Å². The van der Waals surface area contributed by atoms with Gasteiger partial charge in [0.2, 0.25) is 0 Å². The van der Waals surface area contributed by atoms with Gasteiger partial charge in [0.05, 0.1) is 16.9 Å². The molecule has 3 aromatic rings. The molecule has 0 radical (unpaired) electrons. The Bertz CT molecular complexity index is 991. The molecule has 1 saturated carbocycles. The van der Waals surface area contributed by atoms with E-state index in [1.807, 2.05) is 30.5 Å². The minimum absolute atomic E-state index is 0.145. The molecule has 3 heterocycles. The maximum atomic E-state index is 13.4. The predicted octanol–water partition coefficient (Wildman–Crippen LogP) is 4.31. The van der Waals surface area contributed by atoms with E-state index in [2.05, 4.69) is 19.2 Å². The van der Waals surface area contributed by atoms with E-state index in [9.17, 15) is 4.79 Å². The third kappa shape index (κ3) is 3.11. The van der Waals surface area contributed by atoms with E-state index < -0.39 is 0 Å². The number of para-hydroxylation sites is 1. The first-order valence-corrected chi connectivity index (χ1v) is 10.8. The lowest BCUT2D eigenvalue weighted by molar-refractivity contribution is 0.229. The third-order valence-electron chi connectivity index (χ3n) is 6.06. The van der Waals surface area contributed by atoms with Crippen molar-refractivity contribution >= 4 is 22.4 Å². The summed E-state index contributed by atoms with van der Waals surface area (Å²) in [5.41, 5.74) is 2.23. The number of benzene rings is 1. The Morgan fingerprint density at radius 2 is 1.96 bits per heavy atom. The largest absolute Gasteiger partial charge is 0.292 e. The second kappa shape index (κ2) is 7.17. The molecule has 5 rings (SSSR count). The highest BCUT2D eigenvalue weighted by Gasteiger charge is 2.33. The van der Waals surface area contributed by atoms with Crippen LogP contribution in [0.4, 0.5) is 0 Å². The van der Waals surface area contributed by atoms with Crippen molar-refractivity contribution in [2.45, 2.75) is 57.2 Å². The highest BCUT2D eigenvalue weighted by Crippen LogP contribution is 2.36. The van der Waals surface area contributed by atoms with Gasteiger partial charge in [-0.05, 0) is 61.5 Å². The minimum atomic E-state index is 0.145. The van der Waals surface area contributed by atoms with Gasteiger partial charge in [0.15, 0.2) is 0 Å². The normalized spacial score (nSPS) is 21.4. The van der Waals surface area contributed by atoms with Crippen molar-refractivity contribution in [3.63, 3.8) is 0 Å². The smallest absolute Gasteiger partial charge is 0.261 e. The first kappa shape index (κ1) is 17.1. The third-order valence-corrected chi connectivity index (χ3v) is 6.69. The standard InChI is InChI=1S/C21H24N4OS/c26-21-17-8-3-4-9-18(17)23-20(25(21)16-6-1-2-7-16)19-10-5-11-24(19)13-15-12-22-27-14-15/h3-4,8-9,12,14,16,19H,1-2,5-7,10-11,13H2. The van der Waals surface area contributed by atoms with Gasteiger partial charge in [0.25, 0.3) is 5.56 Å². The Kier molecular flexibility index (Phi) is 4.53. The number of hydrogen-bond acceptors (Lipinski definition) is 5. The van der Waals surface area contributed by atoms with Crippen LogP contribution in [0.3, 0.4) is 0 Å². The second-order valence-corrected chi connectivity index (χ2v) is 8.42. The van der Waals surface area contributed by atoms with Gasteiger partial charge in [0.1, 0.15) is 5.82 Å². The van der Waals surface area contributed by atoms with Crippen molar-refractivity contribution in [3.8, 4) is 0 Å². The van der Waals surface area contributed by atoms with Crippen molar-refractivity contribution in [2.75, 3.05) is 6.54 Å². The predicted molar refractivity (Wildman–Crippen MR) is 108 cm³/mol. The molecule has 1 saturated heterocycles. The maximum Gasteiger partial charge on any atom is 0.261 e. The lowest BCUT2D eigenvalue weighted by Crippen LogP contribution is -2.33. The number of fused-ring (bicyclic) bond motifs is 1. The van der Waals surface area contributed by atoms with E-state index >= 15 is 0 Å². The minimum Gasteiger partial charge on any atom is -0.292 e. The zero-order valence-corrected chi connectivity index (χ0v) is 16.2. The summed E-state index contributed by atoms with van der Waals surface area (Å²) >= 11 is 1.50. The van der Waals surface area contributed by atoms with E-state index in [4.69, 9.17) is 4.98 Å². The Labute approximate surface area is 162 Å². The van der Waals surface area contributed by atoms with Crippen molar-refractivity contribution in [1.82, 2.24) is 18.8 Å². The van der Waals surface area contributed by atoms with Crippen LogP contribution in [0, 0.1) is 0 Å². The molecule has 0 N–H and O–H groups in total. The van der Waals surface area contributed by atoms with E-state index in [1.54, 1.807) is 0 Å². The van der Waals surface area contributed by atoms with Crippen LogP contribution in [0.15, 0.2) is 40.6 Å². The van der Waals surface area contributed by atoms with Crippen LogP contribution in [0.1, 0.15) is 62.0 Å². The lowest BCUT2D eigenvalue weighted by Gasteiger charge is -2.28. The summed E-state index contributed by atoms with van der Waals surface area (Å²) in [5.74, 6) is 0.978. The van der Waals surface area contributed by atoms with Crippen LogP contribution in [-0.4, -0.2) is 25.4 Å². The lowest BCUT2D eigenvalue weighted by atomic mass is 10.1. The number of nitrogens with zero attached hydrogens (tertiary/aromatic N) is 4. The SMILES string of the molecule is O=c1c2ccccc2nc(C2CCCN2Cc2cnsc2)n1C1CCCC1. The molecule has 140 valence electrons. The molecule has 0 bridgehead atoms. The Hall–Kier alpha value is -2.05. The number of aromatic nitrogens is 3. The average Bonchev–Trinajstić information content (AvgIpc) is 3.45. The van der Waals surface area contributed by atoms with E-state index in [-0.39, 0.29) is 11.6 Å². The van der Waals surface area contributed by atoms with Crippen LogP contribution >= 0.6 is 11.5 Å². The van der Waals surface area contributed by atoms with Crippen molar-refractivity contribution in [1.29, 1.82) is 0 Å². The molecule has 0 amide bonds. The highest BCUT2D eigenvalue weighted by molar-refractivity contribution is 7.03. The molecular formula is C21H24N4OS. The fourth-order valence-corrected chi connectivity index (χ4v) is 5.29. The van der Waals surface area contributed by atoms with Gasteiger partial charge in [-0.25, -0.2) is 9.36 Å². The fourth-order valence-electron chi connectivity index (χ4n) is 4.76. The second-order valence-electron chi connectivity index (χ2n) is 7.76. The summed E-state index contributed by atoms with van der Waals surface area (Å²) in [6.45, 7) is 1.93.